The molecule has 2 unspecified atom stereocenters. The summed E-state index contributed by atoms with van der Waals surface area (Å²) in [4.78, 5) is 13.3. The van der Waals surface area contributed by atoms with Crippen LogP contribution in [0.3, 0.4) is 0 Å². The van der Waals surface area contributed by atoms with E-state index in [0.717, 1.165) is 28.2 Å². The summed E-state index contributed by atoms with van der Waals surface area (Å²) in [6, 6.07) is 12.2. The van der Waals surface area contributed by atoms with Gasteiger partial charge in [-0.2, -0.15) is 10.2 Å². The second-order valence-corrected chi connectivity index (χ2v) is 8.54. The summed E-state index contributed by atoms with van der Waals surface area (Å²) >= 11 is 0. The van der Waals surface area contributed by atoms with Crippen molar-refractivity contribution in [3.05, 3.63) is 71.5 Å². The molecule has 0 amide bonds. The Morgan fingerprint density at radius 1 is 1.00 bits per heavy atom. The van der Waals surface area contributed by atoms with E-state index in [2.05, 4.69) is 14.9 Å². The van der Waals surface area contributed by atoms with Crippen molar-refractivity contribution in [1.82, 2.24) is 14.9 Å². The molecule has 3 aromatic rings. The molecule has 6 nitrogen and oxygen atoms in total. The van der Waals surface area contributed by atoms with Crippen LogP contribution >= 0.6 is 0 Å². The Morgan fingerprint density at radius 3 is 2.26 bits per heavy atom. The first-order valence-corrected chi connectivity index (χ1v) is 10.4. The zero-order chi connectivity index (χ0) is 19.6. The summed E-state index contributed by atoms with van der Waals surface area (Å²) in [5.41, 5.74) is 2.32. The molecule has 2 aromatic carbocycles. The molecule has 27 heavy (non-hydrogen) atoms. The number of nitrogens with one attached hydrogen (secondary N) is 1. The van der Waals surface area contributed by atoms with Crippen LogP contribution in [0.2, 0.25) is 0 Å². The van der Waals surface area contributed by atoms with Crippen LogP contribution in [-0.4, -0.2) is 36.7 Å². The number of hydrogen-bond acceptors (Lipinski definition) is 5. The molecule has 0 aliphatic heterocycles. The molecule has 0 aliphatic rings. The second-order valence-electron chi connectivity index (χ2n) is 6.76. The molecule has 7 heteroatoms. The predicted molar refractivity (Wildman–Crippen MR) is 105 cm³/mol. The van der Waals surface area contributed by atoms with Crippen molar-refractivity contribution >= 4 is 26.6 Å². The van der Waals surface area contributed by atoms with Gasteiger partial charge in [-0.15, -0.1) is 0 Å². The number of rotatable bonds is 6. The lowest BCUT2D eigenvalue weighted by molar-refractivity contribution is 0.0947. The third kappa shape index (κ3) is 4.56. The first-order chi connectivity index (χ1) is 12.7. The van der Waals surface area contributed by atoms with E-state index in [9.17, 15) is 13.2 Å². The fourth-order valence-electron chi connectivity index (χ4n) is 3.18. The van der Waals surface area contributed by atoms with Gasteiger partial charge in [-0.25, -0.2) is 13.1 Å². The van der Waals surface area contributed by atoms with Crippen molar-refractivity contribution in [2.45, 2.75) is 25.8 Å². The van der Waals surface area contributed by atoms with Crippen molar-refractivity contribution in [3.8, 4) is 0 Å². The van der Waals surface area contributed by atoms with E-state index in [1.807, 2.05) is 37.3 Å². The van der Waals surface area contributed by atoms with Crippen molar-refractivity contribution in [2.75, 3.05) is 6.26 Å². The van der Waals surface area contributed by atoms with Gasteiger partial charge in [0.1, 0.15) is 0 Å². The molecule has 0 saturated heterocycles. The molecular formula is C20H21N3O3S. The van der Waals surface area contributed by atoms with Crippen molar-refractivity contribution in [2.24, 2.45) is 0 Å². The number of sulfonamides is 1. The average molecular weight is 383 g/mol. The highest BCUT2D eigenvalue weighted by atomic mass is 32.2. The molecule has 0 spiro atoms. The molecule has 0 radical (unpaired) electrons. The Hall–Kier alpha value is -2.64. The fraction of sp³-hybridized carbons (Fsp3) is 0.250. The lowest BCUT2D eigenvalue weighted by Gasteiger charge is -2.24. The Kier molecular flexibility index (Phi) is 5.34. The van der Waals surface area contributed by atoms with Crippen molar-refractivity contribution in [3.63, 3.8) is 0 Å². The van der Waals surface area contributed by atoms with Gasteiger partial charge in [0.15, 0.2) is 5.78 Å². The standard InChI is InChI=1S/C20H21N3O3S/c1-13-4-6-15(7-5-13)20(24)19(14(2)23-27(3,25)26)16-8-9-17-11-21-22-12-18(17)10-16/h4-12,14,19,23H,1-3H3. The Balaban J connectivity index is 2.07. The third-order valence-corrected chi connectivity index (χ3v) is 5.25. The number of fused-ring (bicyclic) bond motifs is 1. The van der Waals surface area contributed by atoms with Crippen LogP contribution in [0.1, 0.15) is 34.3 Å². The summed E-state index contributed by atoms with van der Waals surface area (Å²) in [7, 11) is -3.47. The number of hydrogen-bond donors (Lipinski definition) is 1. The second kappa shape index (κ2) is 7.54. The van der Waals surface area contributed by atoms with E-state index in [1.165, 1.54) is 0 Å². The number of carbonyl (C=O) groups is 1. The molecule has 1 heterocycles. The first kappa shape index (κ1) is 19.1. The summed E-state index contributed by atoms with van der Waals surface area (Å²) in [6.45, 7) is 3.65. The number of Topliss-reactive ketones (excluding diaryl/α,β-unsaturated/α-hetero) is 1. The number of nitrogens with zero attached hydrogens (tertiary/aromatic N) is 2. The largest absolute Gasteiger partial charge is 0.293 e. The summed E-state index contributed by atoms with van der Waals surface area (Å²) < 4.78 is 26.1. The number of carbonyl (C=O) groups excluding carboxylic acids is 1. The van der Waals surface area contributed by atoms with E-state index in [-0.39, 0.29) is 5.78 Å². The highest BCUT2D eigenvalue weighted by Crippen LogP contribution is 2.28. The number of aromatic nitrogens is 2. The number of ketones is 1. The molecule has 3 rings (SSSR count). The van der Waals surface area contributed by atoms with Crippen LogP contribution in [0.4, 0.5) is 0 Å². The Bertz CT molecular complexity index is 1080. The van der Waals surface area contributed by atoms with Gasteiger partial charge in [0.05, 0.1) is 24.6 Å². The van der Waals surface area contributed by atoms with Gasteiger partial charge in [-0.05, 0) is 25.5 Å². The van der Waals surface area contributed by atoms with Gasteiger partial charge in [0, 0.05) is 22.4 Å². The first-order valence-electron chi connectivity index (χ1n) is 8.53. The molecule has 0 fully saturated rings. The highest BCUT2D eigenvalue weighted by Gasteiger charge is 2.29. The smallest absolute Gasteiger partial charge is 0.208 e. The quantitative estimate of drug-likeness (QED) is 0.661. The van der Waals surface area contributed by atoms with E-state index in [1.54, 1.807) is 31.5 Å². The maximum absolute atomic E-state index is 13.3. The summed E-state index contributed by atoms with van der Waals surface area (Å²) in [5.74, 6) is -0.806. The zero-order valence-electron chi connectivity index (χ0n) is 15.4. The minimum Gasteiger partial charge on any atom is -0.293 e. The van der Waals surface area contributed by atoms with Crippen LogP contribution in [-0.2, 0) is 10.0 Å². The van der Waals surface area contributed by atoms with Gasteiger partial charge in [-0.3, -0.25) is 4.79 Å². The van der Waals surface area contributed by atoms with Crippen LogP contribution in [0.15, 0.2) is 54.9 Å². The molecule has 0 saturated carbocycles. The maximum atomic E-state index is 13.3. The van der Waals surface area contributed by atoms with Gasteiger partial charge < -0.3 is 0 Å². The molecule has 0 bridgehead atoms. The molecule has 2 atom stereocenters. The minimum absolute atomic E-state index is 0.139. The van der Waals surface area contributed by atoms with Gasteiger partial charge in [-0.1, -0.05) is 42.0 Å². The maximum Gasteiger partial charge on any atom is 0.208 e. The van der Waals surface area contributed by atoms with E-state index in [4.69, 9.17) is 0 Å². The topological polar surface area (TPSA) is 89.0 Å². The van der Waals surface area contributed by atoms with E-state index >= 15 is 0 Å². The molecular weight excluding hydrogens is 362 g/mol. The number of aryl methyl sites for hydroxylation is 1. The van der Waals surface area contributed by atoms with Crippen molar-refractivity contribution < 1.29 is 13.2 Å². The Morgan fingerprint density at radius 2 is 1.63 bits per heavy atom. The minimum atomic E-state index is -3.47. The Labute approximate surface area is 158 Å². The average Bonchev–Trinajstić information content (AvgIpc) is 2.61. The van der Waals surface area contributed by atoms with Gasteiger partial charge in [0.2, 0.25) is 10.0 Å². The normalized spacial score (nSPS) is 14.0. The SMILES string of the molecule is Cc1ccc(C(=O)C(c2ccc3cnncc3c2)C(C)NS(C)(=O)=O)cc1. The number of benzene rings is 2. The lowest BCUT2D eigenvalue weighted by Crippen LogP contribution is -2.39. The molecule has 1 aromatic heterocycles. The van der Waals surface area contributed by atoms with Crippen LogP contribution < -0.4 is 4.72 Å². The molecule has 1 N–H and O–H groups in total. The van der Waals surface area contributed by atoms with E-state index in [0.29, 0.717) is 5.56 Å². The summed E-state index contributed by atoms with van der Waals surface area (Å²) in [6.07, 6.45) is 4.36. The van der Waals surface area contributed by atoms with Crippen LogP contribution in [0, 0.1) is 6.92 Å². The predicted octanol–water partition coefficient (Wildman–Crippen LogP) is 2.84. The van der Waals surface area contributed by atoms with Gasteiger partial charge in [0.25, 0.3) is 0 Å². The zero-order valence-corrected chi connectivity index (χ0v) is 16.2. The van der Waals surface area contributed by atoms with E-state index < -0.39 is 22.0 Å². The monoisotopic (exact) mass is 383 g/mol. The van der Waals surface area contributed by atoms with Crippen LogP contribution in [0.5, 0.6) is 0 Å². The van der Waals surface area contributed by atoms with Crippen LogP contribution in [0.25, 0.3) is 10.8 Å². The highest BCUT2D eigenvalue weighted by molar-refractivity contribution is 7.88. The van der Waals surface area contributed by atoms with Gasteiger partial charge >= 0.3 is 0 Å². The summed E-state index contributed by atoms with van der Waals surface area (Å²) in [5, 5.41) is 9.48. The molecule has 0 aliphatic carbocycles. The third-order valence-electron chi connectivity index (χ3n) is 4.45. The fourth-order valence-corrected chi connectivity index (χ4v) is 3.99. The van der Waals surface area contributed by atoms with Crippen molar-refractivity contribution in [1.29, 1.82) is 0 Å². The molecule has 140 valence electrons. The lowest BCUT2D eigenvalue weighted by atomic mass is 9.85.